The summed E-state index contributed by atoms with van der Waals surface area (Å²) in [5.41, 5.74) is 7.55. The minimum atomic E-state index is 0.145. The van der Waals surface area contributed by atoms with E-state index in [4.69, 9.17) is 10.9 Å². The molecule has 0 aliphatic heterocycles. The summed E-state index contributed by atoms with van der Waals surface area (Å²) in [5, 5.41) is 12.0. The number of oxime groups is 1. The van der Waals surface area contributed by atoms with Crippen molar-refractivity contribution in [3.8, 4) is 0 Å². The minimum absolute atomic E-state index is 0.145. The Morgan fingerprint density at radius 2 is 2.29 bits per heavy atom. The first kappa shape index (κ1) is 12.2. The maximum absolute atomic E-state index is 8.87. The van der Waals surface area contributed by atoms with E-state index in [-0.39, 0.29) is 5.84 Å². The van der Waals surface area contributed by atoms with Crippen molar-refractivity contribution in [1.82, 2.24) is 0 Å². The summed E-state index contributed by atoms with van der Waals surface area (Å²) >= 11 is 3.46. The van der Waals surface area contributed by atoms with Gasteiger partial charge in [-0.2, -0.15) is 0 Å². The molecule has 1 aliphatic carbocycles. The fourth-order valence-corrected chi connectivity index (χ4v) is 2.63. The van der Waals surface area contributed by atoms with Gasteiger partial charge in [-0.05, 0) is 47.8 Å². The summed E-state index contributed by atoms with van der Waals surface area (Å²) in [6, 6.07) is 6.48. The van der Waals surface area contributed by atoms with E-state index in [9.17, 15) is 0 Å². The van der Waals surface area contributed by atoms with Gasteiger partial charge in [0.1, 0.15) is 0 Å². The fourth-order valence-electron chi connectivity index (χ4n) is 2.07. The van der Waals surface area contributed by atoms with Crippen LogP contribution in [0.3, 0.4) is 0 Å². The quantitative estimate of drug-likeness (QED) is 0.388. The highest BCUT2D eigenvalue weighted by molar-refractivity contribution is 9.10. The summed E-state index contributed by atoms with van der Waals surface area (Å²) in [6.45, 7) is 3.04. The van der Waals surface area contributed by atoms with E-state index in [2.05, 4.69) is 32.9 Å². The van der Waals surface area contributed by atoms with Crippen molar-refractivity contribution >= 4 is 27.5 Å². The smallest absolute Gasteiger partial charge is 0.173 e. The largest absolute Gasteiger partial charge is 0.409 e. The number of anilines is 1. The Morgan fingerprint density at radius 1 is 1.59 bits per heavy atom. The minimum Gasteiger partial charge on any atom is -0.409 e. The van der Waals surface area contributed by atoms with Crippen LogP contribution in [0.1, 0.15) is 25.3 Å². The summed E-state index contributed by atoms with van der Waals surface area (Å²) in [5.74, 6) is 0.145. The number of hydrogen-bond acceptors (Lipinski definition) is 3. The molecule has 1 aliphatic rings. The molecule has 0 spiro atoms. The maximum Gasteiger partial charge on any atom is 0.173 e. The Morgan fingerprint density at radius 3 is 2.82 bits per heavy atom. The van der Waals surface area contributed by atoms with Crippen LogP contribution in [0, 0.1) is 0 Å². The van der Waals surface area contributed by atoms with Crippen LogP contribution in [-0.2, 0) is 0 Å². The first-order chi connectivity index (χ1) is 8.19. The average molecular weight is 298 g/mol. The second-order valence-corrected chi connectivity index (χ2v) is 4.99. The van der Waals surface area contributed by atoms with E-state index in [1.54, 1.807) is 0 Å². The van der Waals surface area contributed by atoms with Gasteiger partial charge in [-0.25, -0.2) is 0 Å². The molecule has 1 aromatic rings. The summed E-state index contributed by atoms with van der Waals surface area (Å²) in [4.78, 5) is 2.30. The standard InChI is InChI=1S/C12H16BrN3O/c1-2-16(8-6-7-8)10-5-3-4-9(13)11(10)12(14)15-17/h3-5,8,17H,2,6-7H2,1H3,(H2,14,15). The molecule has 1 fully saturated rings. The topological polar surface area (TPSA) is 61.8 Å². The number of amidine groups is 1. The lowest BCUT2D eigenvalue weighted by Crippen LogP contribution is -2.28. The Hall–Kier alpha value is -1.23. The molecule has 0 atom stereocenters. The fraction of sp³-hybridized carbons (Fsp3) is 0.417. The number of nitrogens with two attached hydrogens (primary N) is 1. The molecule has 0 aromatic heterocycles. The summed E-state index contributed by atoms with van der Waals surface area (Å²) in [7, 11) is 0. The highest BCUT2D eigenvalue weighted by atomic mass is 79.9. The highest BCUT2D eigenvalue weighted by Crippen LogP contribution is 2.35. The van der Waals surface area contributed by atoms with Crippen LogP contribution < -0.4 is 10.6 Å². The van der Waals surface area contributed by atoms with Gasteiger partial charge in [-0.3, -0.25) is 0 Å². The molecule has 0 bridgehead atoms. The van der Waals surface area contributed by atoms with E-state index in [0.717, 1.165) is 22.3 Å². The Bertz CT molecular complexity index is 443. The predicted molar refractivity (Wildman–Crippen MR) is 72.7 cm³/mol. The molecule has 1 saturated carbocycles. The van der Waals surface area contributed by atoms with Crippen molar-refractivity contribution in [2.75, 3.05) is 11.4 Å². The molecule has 17 heavy (non-hydrogen) atoms. The molecule has 0 saturated heterocycles. The monoisotopic (exact) mass is 297 g/mol. The van der Waals surface area contributed by atoms with Crippen molar-refractivity contribution in [2.45, 2.75) is 25.8 Å². The summed E-state index contributed by atoms with van der Waals surface area (Å²) in [6.07, 6.45) is 2.44. The molecule has 0 amide bonds. The average Bonchev–Trinajstić information content (AvgIpc) is 3.14. The number of nitrogens with zero attached hydrogens (tertiary/aromatic N) is 2. The second kappa shape index (κ2) is 4.96. The molecule has 92 valence electrons. The van der Waals surface area contributed by atoms with Gasteiger partial charge < -0.3 is 15.8 Å². The molecule has 0 radical (unpaired) electrons. The number of benzene rings is 1. The third kappa shape index (κ3) is 2.39. The molecule has 4 nitrogen and oxygen atoms in total. The zero-order valence-electron chi connectivity index (χ0n) is 9.73. The summed E-state index contributed by atoms with van der Waals surface area (Å²) < 4.78 is 0.851. The Balaban J connectivity index is 2.48. The van der Waals surface area contributed by atoms with Crippen LogP contribution in [0.15, 0.2) is 27.8 Å². The van der Waals surface area contributed by atoms with Gasteiger partial charge in [0.05, 0.1) is 5.56 Å². The third-order valence-electron chi connectivity index (χ3n) is 2.99. The lowest BCUT2D eigenvalue weighted by Gasteiger charge is -2.25. The molecule has 0 heterocycles. The van der Waals surface area contributed by atoms with E-state index in [1.807, 2.05) is 18.2 Å². The number of rotatable bonds is 4. The van der Waals surface area contributed by atoms with Crippen LogP contribution in [-0.4, -0.2) is 23.6 Å². The first-order valence-corrected chi connectivity index (χ1v) is 6.51. The van der Waals surface area contributed by atoms with Crippen molar-refractivity contribution in [2.24, 2.45) is 10.9 Å². The maximum atomic E-state index is 8.87. The Kier molecular flexibility index (Phi) is 3.57. The third-order valence-corrected chi connectivity index (χ3v) is 3.65. The number of hydrogen-bond donors (Lipinski definition) is 2. The second-order valence-electron chi connectivity index (χ2n) is 4.14. The van der Waals surface area contributed by atoms with E-state index >= 15 is 0 Å². The molecular weight excluding hydrogens is 282 g/mol. The van der Waals surface area contributed by atoms with Crippen LogP contribution in [0.25, 0.3) is 0 Å². The van der Waals surface area contributed by atoms with Crippen LogP contribution in [0.2, 0.25) is 0 Å². The zero-order chi connectivity index (χ0) is 12.4. The van der Waals surface area contributed by atoms with Crippen LogP contribution in [0.5, 0.6) is 0 Å². The molecule has 5 heteroatoms. The van der Waals surface area contributed by atoms with Crippen LogP contribution >= 0.6 is 15.9 Å². The number of halogens is 1. The van der Waals surface area contributed by atoms with Gasteiger partial charge in [-0.15, -0.1) is 0 Å². The normalized spacial score (nSPS) is 16.0. The molecule has 3 N–H and O–H groups in total. The van der Waals surface area contributed by atoms with Crippen molar-refractivity contribution in [3.05, 3.63) is 28.2 Å². The molecular formula is C12H16BrN3O. The van der Waals surface area contributed by atoms with E-state index < -0.39 is 0 Å². The van der Waals surface area contributed by atoms with Gasteiger partial charge >= 0.3 is 0 Å². The van der Waals surface area contributed by atoms with Gasteiger partial charge in [0.2, 0.25) is 0 Å². The van der Waals surface area contributed by atoms with E-state index in [0.29, 0.717) is 6.04 Å². The molecule has 2 rings (SSSR count). The van der Waals surface area contributed by atoms with Gasteiger partial charge in [-0.1, -0.05) is 11.2 Å². The Labute approximate surface area is 109 Å². The predicted octanol–water partition coefficient (Wildman–Crippen LogP) is 2.53. The van der Waals surface area contributed by atoms with Crippen molar-refractivity contribution in [3.63, 3.8) is 0 Å². The molecule has 0 unspecified atom stereocenters. The zero-order valence-corrected chi connectivity index (χ0v) is 11.3. The lowest BCUT2D eigenvalue weighted by atomic mass is 10.1. The van der Waals surface area contributed by atoms with Gasteiger partial charge in [0.15, 0.2) is 5.84 Å². The van der Waals surface area contributed by atoms with Gasteiger partial charge in [0.25, 0.3) is 0 Å². The van der Waals surface area contributed by atoms with E-state index in [1.165, 1.54) is 12.8 Å². The molecule has 1 aromatic carbocycles. The first-order valence-electron chi connectivity index (χ1n) is 5.72. The van der Waals surface area contributed by atoms with Crippen molar-refractivity contribution in [1.29, 1.82) is 0 Å². The lowest BCUT2D eigenvalue weighted by molar-refractivity contribution is 0.318. The van der Waals surface area contributed by atoms with Gasteiger partial charge in [0, 0.05) is 22.7 Å². The van der Waals surface area contributed by atoms with Crippen LogP contribution in [0.4, 0.5) is 5.69 Å². The highest BCUT2D eigenvalue weighted by Gasteiger charge is 2.30. The SMILES string of the molecule is CCN(c1cccc(Br)c1/C(N)=N/O)C1CC1. The van der Waals surface area contributed by atoms with Crippen molar-refractivity contribution < 1.29 is 5.21 Å².